The number of nitriles is 1. The standard InChI is InChI=1S/C23H27N3O2/c24-14-15-3-1-4-19(10-15)25-21(27)20-5-2-6-26(20)22(28)23-11-16-7-17(12-23)9-18(8-16)13-23/h1,3-4,10,16-18,20H,2,5-9,11-13H2,(H,25,27)/t16?,17?,18?,20-,23?/m0/s1. The van der Waals surface area contributed by atoms with Gasteiger partial charge in [-0.3, -0.25) is 9.59 Å². The lowest BCUT2D eigenvalue weighted by atomic mass is 9.49. The number of carbonyl (C=O) groups is 2. The first-order chi connectivity index (χ1) is 13.6. The number of benzene rings is 1. The Balaban J connectivity index is 1.33. The lowest BCUT2D eigenvalue weighted by Crippen LogP contribution is -2.56. The molecule has 1 saturated heterocycles. The Hall–Kier alpha value is -2.35. The smallest absolute Gasteiger partial charge is 0.247 e. The van der Waals surface area contributed by atoms with E-state index in [9.17, 15) is 9.59 Å². The first-order valence-electron chi connectivity index (χ1n) is 10.7. The van der Waals surface area contributed by atoms with E-state index in [1.54, 1.807) is 24.3 Å². The molecule has 146 valence electrons. The number of hydrogen-bond acceptors (Lipinski definition) is 3. The number of nitrogens with one attached hydrogen (secondary N) is 1. The Kier molecular flexibility index (Phi) is 4.19. The summed E-state index contributed by atoms with van der Waals surface area (Å²) in [5, 5.41) is 12.0. The first-order valence-corrected chi connectivity index (χ1v) is 10.7. The van der Waals surface area contributed by atoms with Crippen LogP contribution in [0.5, 0.6) is 0 Å². The molecule has 0 radical (unpaired) electrons. The van der Waals surface area contributed by atoms with Gasteiger partial charge in [-0.25, -0.2) is 0 Å². The van der Waals surface area contributed by atoms with Gasteiger partial charge in [0.15, 0.2) is 0 Å². The molecular weight excluding hydrogens is 350 g/mol. The highest BCUT2D eigenvalue weighted by molar-refractivity contribution is 5.98. The minimum atomic E-state index is -0.383. The number of anilines is 1. The van der Waals surface area contributed by atoms with Crippen molar-refractivity contribution >= 4 is 17.5 Å². The van der Waals surface area contributed by atoms with Crippen LogP contribution in [0.3, 0.4) is 0 Å². The van der Waals surface area contributed by atoms with Crippen molar-refractivity contribution in [3.8, 4) is 6.07 Å². The van der Waals surface area contributed by atoms with Crippen LogP contribution in [0, 0.1) is 34.5 Å². The van der Waals surface area contributed by atoms with Crippen LogP contribution in [-0.4, -0.2) is 29.3 Å². The molecule has 4 saturated carbocycles. The van der Waals surface area contributed by atoms with Crippen molar-refractivity contribution in [1.82, 2.24) is 4.90 Å². The van der Waals surface area contributed by atoms with Crippen LogP contribution in [0.4, 0.5) is 5.69 Å². The molecule has 0 unspecified atom stereocenters. The summed E-state index contributed by atoms with van der Waals surface area (Å²) < 4.78 is 0. The average molecular weight is 377 g/mol. The fourth-order valence-electron chi connectivity index (χ4n) is 6.85. The van der Waals surface area contributed by atoms with Gasteiger partial charge >= 0.3 is 0 Å². The maximum Gasteiger partial charge on any atom is 0.247 e. The summed E-state index contributed by atoms with van der Waals surface area (Å²) in [7, 11) is 0. The Morgan fingerprint density at radius 2 is 1.79 bits per heavy atom. The van der Waals surface area contributed by atoms with Crippen molar-refractivity contribution in [2.45, 2.75) is 57.4 Å². The second-order valence-corrected chi connectivity index (χ2v) is 9.54. The highest BCUT2D eigenvalue weighted by atomic mass is 16.2. The van der Waals surface area contributed by atoms with Gasteiger partial charge in [-0.15, -0.1) is 0 Å². The molecule has 5 fully saturated rings. The molecule has 4 bridgehead atoms. The minimum absolute atomic E-state index is 0.120. The zero-order valence-electron chi connectivity index (χ0n) is 16.2. The molecule has 0 aromatic heterocycles. The maximum atomic E-state index is 13.7. The number of hydrogen-bond donors (Lipinski definition) is 1. The topological polar surface area (TPSA) is 73.2 Å². The van der Waals surface area contributed by atoms with Crippen molar-refractivity contribution in [2.24, 2.45) is 23.2 Å². The van der Waals surface area contributed by atoms with Gasteiger partial charge in [0.1, 0.15) is 6.04 Å². The third-order valence-corrected chi connectivity index (χ3v) is 7.57. The predicted molar refractivity (Wildman–Crippen MR) is 105 cm³/mol. The first kappa shape index (κ1) is 17.7. The summed E-state index contributed by atoms with van der Waals surface area (Å²) >= 11 is 0. The average Bonchev–Trinajstić information content (AvgIpc) is 3.16. The largest absolute Gasteiger partial charge is 0.330 e. The Morgan fingerprint density at radius 3 is 2.43 bits per heavy atom. The third-order valence-electron chi connectivity index (χ3n) is 7.57. The zero-order chi connectivity index (χ0) is 19.3. The van der Waals surface area contributed by atoms with Crippen LogP contribution in [0.15, 0.2) is 24.3 Å². The number of rotatable bonds is 3. The van der Waals surface area contributed by atoms with Crippen molar-refractivity contribution < 1.29 is 9.59 Å². The van der Waals surface area contributed by atoms with Crippen LogP contribution in [0.1, 0.15) is 56.9 Å². The summed E-state index contributed by atoms with van der Waals surface area (Å²) in [6.07, 6.45) is 8.64. The molecule has 5 heteroatoms. The van der Waals surface area contributed by atoms with Gasteiger partial charge in [0.05, 0.1) is 17.0 Å². The van der Waals surface area contributed by atoms with E-state index in [1.165, 1.54) is 19.3 Å². The van der Waals surface area contributed by atoms with Crippen LogP contribution in [0.25, 0.3) is 0 Å². The molecule has 1 N–H and O–H groups in total. The summed E-state index contributed by atoms with van der Waals surface area (Å²) in [5.74, 6) is 2.29. The van der Waals surface area contributed by atoms with Crippen LogP contribution in [-0.2, 0) is 9.59 Å². The van der Waals surface area contributed by atoms with E-state index in [2.05, 4.69) is 11.4 Å². The molecule has 4 aliphatic carbocycles. The second kappa shape index (κ2) is 6.62. The molecule has 0 spiro atoms. The van der Waals surface area contributed by atoms with E-state index in [0.717, 1.165) is 49.9 Å². The van der Waals surface area contributed by atoms with Crippen molar-refractivity contribution in [3.05, 3.63) is 29.8 Å². The van der Waals surface area contributed by atoms with Crippen molar-refractivity contribution in [1.29, 1.82) is 5.26 Å². The Bertz CT molecular complexity index is 820. The van der Waals surface area contributed by atoms with Crippen molar-refractivity contribution in [3.63, 3.8) is 0 Å². The highest BCUT2D eigenvalue weighted by Gasteiger charge is 2.56. The molecule has 1 aliphatic heterocycles. The molecule has 1 heterocycles. The van der Waals surface area contributed by atoms with Gasteiger partial charge in [0.25, 0.3) is 0 Å². The van der Waals surface area contributed by atoms with Gasteiger partial charge in [0, 0.05) is 12.2 Å². The molecule has 2 amide bonds. The summed E-state index contributed by atoms with van der Waals surface area (Å²) in [6, 6.07) is 8.66. The van der Waals surface area contributed by atoms with E-state index in [-0.39, 0.29) is 23.3 Å². The number of carbonyl (C=O) groups excluding carboxylic acids is 2. The number of likely N-dealkylation sites (tertiary alicyclic amines) is 1. The fourth-order valence-corrected chi connectivity index (χ4v) is 6.85. The molecular formula is C23H27N3O2. The van der Waals surface area contributed by atoms with Gasteiger partial charge in [0.2, 0.25) is 11.8 Å². The molecule has 5 nitrogen and oxygen atoms in total. The summed E-state index contributed by atoms with van der Waals surface area (Å²) in [6.45, 7) is 0.691. The maximum absolute atomic E-state index is 13.7. The van der Waals surface area contributed by atoms with Crippen LogP contribution < -0.4 is 5.32 Å². The minimum Gasteiger partial charge on any atom is -0.330 e. The number of amides is 2. The Morgan fingerprint density at radius 1 is 1.11 bits per heavy atom. The molecule has 6 rings (SSSR count). The van der Waals surface area contributed by atoms with Gasteiger partial charge < -0.3 is 10.2 Å². The fraction of sp³-hybridized carbons (Fsp3) is 0.609. The lowest BCUT2D eigenvalue weighted by molar-refractivity contribution is -0.160. The van der Waals surface area contributed by atoms with Crippen LogP contribution in [0.2, 0.25) is 0 Å². The summed E-state index contributed by atoms with van der Waals surface area (Å²) in [4.78, 5) is 28.5. The SMILES string of the molecule is N#Cc1cccc(NC(=O)[C@@H]2CCCN2C(=O)C23CC4CC(CC(C4)C2)C3)c1. The van der Waals surface area contributed by atoms with E-state index >= 15 is 0 Å². The zero-order valence-corrected chi connectivity index (χ0v) is 16.2. The van der Waals surface area contributed by atoms with Crippen LogP contribution >= 0.6 is 0 Å². The second-order valence-electron chi connectivity index (χ2n) is 9.54. The van der Waals surface area contributed by atoms with E-state index in [0.29, 0.717) is 17.8 Å². The summed E-state index contributed by atoms with van der Waals surface area (Å²) in [5.41, 5.74) is 0.946. The molecule has 5 aliphatic rings. The number of nitrogens with zero attached hydrogens (tertiary/aromatic N) is 2. The van der Waals surface area contributed by atoms with Crippen molar-refractivity contribution in [2.75, 3.05) is 11.9 Å². The van der Waals surface area contributed by atoms with Gasteiger partial charge in [-0.05, 0) is 87.3 Å². The third kappa shape index (κ3) is 2.90. The quantitative estimate of drug-likeness (QED) is 0.873. The lowest BCUT2D eigenvalue weighted by Gasteiger charge is -2.56. The Labute approximate surface area is 166 Å². The molecule has 1 aromatic carbocycles. The highest BCUT2D eigenvalue weighted by Crippen LogP contribution is 2.60. The monoisotopic (exact) mass is 377 g/mol. The molecule has 1 aromatic rings. The molecule has 1 atom stereocenters. The van der Waals surface area contributed by atoms with E-state index < -0.39 is 0 Å². The predicted octanol–water partition coefficient (Wildman–Crippen LogP) is 3.70. The van der Waals surface area contributed by atoms with E-state index in [4.69, 9.17) is 5.26 Å². The molecule has 28 heavy (non-hydrogen) atoms. The van der Waals surface area contributed by atoms with Gasteiger partial charge in [-0.1, -0.05) is 6.07 Å². The van der Waals surface area contributed by atoms with Gasteiger partial charge in [-0.2, -0.15) is 5.26 Å². The van der Waals surface area contributed by atoms with E-state index in [1.807, 2.05) is 4.90 Å². The normalized spacial score (nSPS) is 35.6.